The molecule has 100 valence electrons. The summed E-state index contributed by atoms with van der Waals surface area (Å²) in [5, 5.41) is 9.09. The van der Waals surface area contributed by atoms with Crippen LogP contribution in [0.15, 0.2) is 0 Å². The second kappa shape index (κ2) is 7.70. The predicted molar refractivity (Wildman–Crippen MR) is 69.7 cm³/mol. The maximum Gasteiger partial charge on any atom is 0.225 e. The van der Waals surface area contributed by atoms with E-state index in [1.165, 1.54) is 0 Å². The van der Waals surface area contributed by atoms with Gasteiger partial charge in [-0.25, -0.2) is 0 Å². The molecule has 0 aliphatic carbocycles. The number of likely N-dealkylation sites (tertiary alicyclic amines) is 1. The first-order valence-corrected chi connectivity index (χ1v) is 7.12. The van der Waals surface area contributed by atoms with Crippen molar-refractivity contribution >= 4 is 5.91 Å². The zero-order chi connectivity index (χ0) is 12.7. The zero-order valence-electron chi connectivity index (χ0n) is 11.3. The molecule has 1 aliphatic rings. The first-order valence-electron chi connectivity index (χ1n) is 7.12. The number of hydrogen-bond donors (Lipinski definition) is 1. The summed E-state index contributed by atoms with van der Waals surface area (Å²) in [6.45, 7) is 6.25. The Balaban J connectivity index is 2.45. The van der Waals surface area contributed by atoms with E-state index < -0.39 is 0 Å². The van der Waals surface area contributed by atoms with Crippen LogP contribution in [0.1, 0.15) is 52.4 Å². The molecular formula is C14H27NO2. The molecule has 0 radical (unpaired) electrons. The Labute approximate surface area is 105 Å². The molecule has 0 atom stereocenters. The van der Waals surface area contributed by atoms with Crippen molar-refractivity contribution in [2.24, 2.45) is 11.8 Å². The Morgan fingerprint density at radius 1 is 1.24 bits per heavy atom. The number of aliphatic hydroxyl groups is 1. The van der Waals surface area contributed by atoms with Crippen molar-refractivity contribution in [1.82, 2.24) is 4.90 Å². The zero-order valence-corrected chi connectivity index (χ0v) is 11.3. The van der Waals surface area contributed by atoms with Crippen LogP contribution in [0.4, 0.5) is 0 Å². The van der Waals surface area contributed by atoms with Crippen LogP contribution < -0.4 is 0 Å². The molecule has 1 amide bonds. The summed E-state index contributed by atoms with van der Waals surface area (Å²) in [7, 11) is 0. The molecule has 1 rings (SSSR count). The molecule has 0 aromatic heterocycles. The van der Waals surface area contributed by atoms with E-state index in [0.29, 0.717) is 11.8 Å². The van der Waals surface area contributed by atoms with Gasteiger partial charge in [0, 0.05) is 25.6 Å². The third kappa shape index (κ3) is 4.30. The fraction of sp³-hybridized carbons (Fsp3) is 0.929. The van der Waals surface area contributed by atoms with Gasteiger partial charge in [0.2, 0.25) is 5.91 Å². The molecule has 0 unspecified atom stereocenters. The lowest BCUT2D eigenvalue weighted by molar-refractivity contribution is -0.137. The number of hydrogen-bond acceptors (Lipinski definition) is 2. The first-order chi connectivity index (χ1) is 8.22. The molecule has 3 heteroatoms. The van der Waals surface area contributed by atoms with Gasteiger partial charge in [0.25, 0.3) is 0 Å². The second-order valence-electron chi connectivity index (χ2n) is 5.23. The van der Waals surface area contributed by atoms with Crippen LogP contribution >= 0.6 is 0 Å². The van der Waals surface area contributed by atoms with Crippen LogP contribution in [0.2, 0.25) is 0 Å². The molecule has 17 heavy (non-hydrogen) atoms. The minimum atomic E-state index is 0.232. The van der Waals surface area contributed by atoms with Gasteiger partial charge in [-0.05, 0) is 31.6 Å². The second-order valence-corrected chi connectivity index (χ2v) is 5.23. The highest BCUT2D eigenvalue weighted by Crippen LogP contribution is 2.22. The quantitative estimate of drug-likeness (QED) is 0.776. The average Bonchev–Trinajstić information content (AvgIpc) is 2.38. The lowest BCUT2D eigenvalue weighted by Crippen LogP contribution is -2.42. The van der Waals surface area contributed by atoms with Crippen LogP contribution in [0, 0.1) is 11.8 Å². The molecular weight excluding hydrogens is 214 g/mol. The number of aliphatic hydroxyl groups excluding tert-OH is 1. The summed E-state index contributed by atoms with van der Waals surface area (Å²) in [6.07, 6.45) is 6.15. The normalized spacial score (nSPS) is 17.8. The van der Waals surface area contributed by atoms with Crippen LogP contribution in [0.25, 0.3) is 0 Å². The average molecular weight is 241 g/mol. The van der Waals surface area contributed by atoms with Gasteiger partial charge < -0.3 is 10.0 Å². The molecule has 0 aromatic rings. The predicted octanol–water partition coefficient (Wildman–Crippen LogP) is 2.43. The monoisotopic (exact) mass is 241 g/mol. The van der Waals surface area contributed by atoms with Gasteiger partial charge in [-0.2, -0.15) is 0 Å². The van der Waals surface area contributed by atoms with Gasteiger partial charge in [0.1, 0.15) is 0 Å². The van der Waals surface area contributed by atoms with E-state index in [1.54, 1.807) is 0 Å². The molecule has 3 nitrogen and oxygen atoms in total. The van der Waals surface area contributed by atoms with E-state index in [1.807, 2.05) is 4.90 Å². The molecule has 1 heterocycles. The Kier molecular flexibility index (Phi) is 6.56. The Morgan fingerprint density at radius 2 is 1.76 bits per heavy atom. The van der Waals surface area contributed by atoms with Crippen molar-refractivity contribution in [2.45, 2.75) is 52.4 Å². The van der Waals surface area contributed by atoms with Gasteiger partial charge in [0.15, 0.2) is 0 Å². The number of rotatable bonds is 6. The van der Waals surface area contributed by atoms with Gasteiger partial charge in [-0.15, -0.1) is 0 Å². The molecule has 0 aromatic carbocycles. The summed E-state index contributed by atoms with van der Waals surface area (Å²) < 4.78 is 0. The summed E-state index contributed by atoms with van der Waals surface area (Å²) >= 11 is 0. The molecule has 0 saturated carbocycles. The third-order valence-corrected chi connectivity index (χ3v) is 3.81. The Hall–Kier alpha value is -0.570. The number of carbonyl (C=O) groups is 1. The smallest absolute Gasteiger partial charge is 0.225 e. The van der Waals surface area contributed by atoms with Gasteiger partial charge in [-0.1, -0.05) is 26.7 Å². The maximum atomic E-state index is 12.3. The Morgan fingerprint density at radius 3 is 2.18 bits per heavy atom. The van der Waals surface area contributed by atoms with Crippen molar-refractivity contribution in [3.63, 3.8) is 0 Å². The van der Waals surface area contributed by atoms with Gasteiger partial charge in [-0.3, -0.25) is 4.79 Å². The van der Waals surface area contributed by atoms with E-state index in [9.17, 15) is 4.79 Å². The van der Waals surface area contributed by atoms with E-state index in [4.69, 9.17) is 5.11 Å². The standard InChI is InChI=1S/C14H27NO2/c1-3-5-13(6-4-2)14(17)15-9-7-12(11-16)8-10-15/h12-13,16H,3-11H2,1-2H3. The first kappa shape index (κ1) is 14.5. The van der Waals surface area contributed by atoms with Crippen LogP contribution in [0.3, 0.4) is 0 Å². The van der Waals surface area contributed by atoms with Crippen molar-refractivity contribution < 1.29 is 9.90 Å². The fourth-order valence-electron chi connectivity index (χ4n) is 2.68. The minimum Gasteiger partial charge on any atom is -0.396 e. The lowest BCUT2D eigenvalue weighted by Gasteiger charge is -2.33. The number of carbonyl (C=O) groups excluding carboxylic acids is 1. The minimum absolute atomic E-state index is 0.232. The molecule has 1 N–H and O–H groups in total. The SMILES string of the molecule is CCCC(CCC)C(=O)N1CCC(CO)CC1. The van der Waals surface area contributed by atoms with Gasteiger partial charge in [0.05, 0.1) is 0 Å². The number of piperidine rings is 1. The highest BCUT2D eigenvalue weighted by molar-refractivity contribution is 5.78. The highest BCUT2D eigenvalue weighted by atomic mass is 16.3. The van der Waals surface area contributed by atoms with E-state index in [-0.39, 0.29) is 12.5 Å². The van der Waals surface area contributed by atoms with E-state index >= 15 is 0 Å². The van der Waals surface area contributed by atoms with Gasteiger partial charge >= 0.3 is 0 Å². The topological polar surface area (TPSA) is 40.5 Å². The molecule has 1 fully saturated rings. The highest BCUT2D eigenvalue weighted by Gasteiger charge is 2.26. The fourth-order valence-corrected chi connectivity index (χ4v) is 2.68. The summed E-state index contributed by atoms with van der Waals surface area (Å²) in [5.74, 6) is 0.996. The van der Waals surface area contributed by atoms with Crippen molar-refractivity contribution in [3.05, 3.63) is 0 Å². The Bertz CT molecular complexity index is 216. The van der Waals surface area contributed by atoms with Crippen molar-refractivity contribution in [1.29, 1.82) is 0 Å². The molecule has 0 bridgehead atoms. The molecule has 1 aliphatic heterocycles. The van der Waals surface area contributed by atoms with Crippen molar-refractivity contribution in [3.8, 4) is 0 Å². The third-order valence-electron chi connectivity index (χ3n) is 3.81. The van der Waals surface area contributed by atoms with Crippen LogP contribution in [-0.2, 0) is 4.79 Å². The van der Waals surface area contributed by atoms with Crippen LogP contribution in [-0.4, -0.2) is 35.6 Å². The summed E-state index contributed by atoms with van der Waals surface area (Å²) in [5.41, 5.74) is 0. The summed E-state index contributed by atoms with van der Waals surface area (Å²) in [6, 6.07) is 0. The number of amides is 1. The van der Waals surface area contributed by atoms with Crippen LogP contribution in [0.5, 0.6) is 0 Å². The molecule has 1 saturated heterocycles. The van der Waals surface area contributed by atoms with E-state index in [0.717, 1.165) is 51.6 Å². The van der Waals surface area contributed by atoms with Crippen molar-refractivity contribution in [2.75, 3.05) is 19.7 Å². The largest absolute Gasteiger partial charge is 0.396 e. The maximum absolute atomic E-state index is 12.3. The lowest BCUT2D eigenvalue weighted by atomic mass is 9.93. The number of nitrogens with zero attached hydrogens (tertiary/aromatic N) is 1. The van der Waals surface area contributed by atoms with E-state index in [2.05, 4.69) is 13.8 Å². The summed E-state index contributed by atoms with van der Waals surface area (Å²) in [4.78, 5) is 14.4. The molecule has 0 spiro atoms.